The highest BCUT2D eigenvalue weighted by Crippen LogP contribution is 2.31. The summed E-state index contributed by atoms with van der Waals surface area (Å²) in [7, 11) is 1.57. The van der Waals surface area contributed by atoms with Gasteiger partial charge in [-0.3, -0.25) is 0 Å². The minimum Gasteiger partial charge on any atom is -0.495 e. The summed E-state index contributed by atoms with van der Waals surface area (Å²) in [5.41, 5.74) is 1.51. The first-order valence-electron chi connectivity index (χ1n) is 7.35. The van der Waals surface area contributed by atoms with E-state index in [1.165, 1.54) is 0 Å². The number of esters is 1. The largest absolute Gasteiger partial charge is 0.495 e. The van der Waals surface area contributed by atoms with E-state index in [1.54, 1.807) is 21.0 Å². The third-order valence-corrected chi connectivity index (χ3v) is 3.32. The van der Waals surface area contributed by atoms with Crippen LogP contribution in [-0.4, -0.2) is 34.8 Å². The molecule has 0 aliphatic carbocycles. The molecule has 8 heteroatoms. The van der Waals surface area contributed by atoms with Crippen molar-refractivity contribution in [1.82, 2.24) is 15.1 Å². The smallest absolute Gasteiger partial charge is 0.376 e. The molecule has 1 aromatic carbocycles. The molecule has 0 saturated heterocycles. The third-order valence-electron chi connectivity index (χ3n) is 3.32. The van der Waals surface area contributed by atoms with Crippen molar-refractivity contribution in [1.29, 1.82) is 0 Å². The second-order valence-electron chi connectivity index (χ2n) is 4.89. The van der Waals surface area contributed by atoms with Crippen molar-refractivity contribution < 1.29 is 18.8 Å². The Kier molecular flexibility index (Phi) is 4.28. The molecule has 2 heterocycles. The van der Waals surface area contributed by atoms with Gasteiger partial charge >= 0.3 is 5.97 Å². The zero-order valence-electron chi connectivity index (χ0n) is 13.5. The van der Waals surface area contributed by atoms with Crippen LogP contribution in [0.25, 0.3) is 11.1 Å². The van der Waals surface area contributed by atoms with Gasteiger partial charge in [-0.05, 0) is 26.0 Å². The first-order valence-corrected chi connectivity index (χ1v) is 7.35. The monoisotopic (exact) mass is 328 g/mol. The number of nitrogens with one attached hydrogen (secondary N) is 1. The molecule has 0 spiro atoms. The Morgan fingerprint density at radius 1 is 1.29 bits per heavy atom. The van der Waals surface area contributed by atoms with Crippen LogP contribution in [0.15, 0.2) is 28.8 Å². The SMILES string of the molecule is CCOC(=O)c1nc(Nc2ccccc2OC)c2c(C)noc2n1. The van der Waals surface area contributed by atoms with Crippen molar-refractivity contribution in [2.24, 2.45) is 0 Å². The van der Waals surface area contributed by atoms with Crippen LogP contribution in [0, 0.1) is 6.92 Å². The van der Waals surface area contributed by atoms with E-state index in [-0.39, 0.29) is 18.1 Å². The third kappa shape index (κ3) is 2.85. The molecule has 0 radical (unpaired) electrons. The van der Waals surface area contributed by atoms with Crippen molar-refractivity contribution in [2.75, 3.05) is 19.0 Å². The number of methoxy groups -OCH3 is 1. The fraction of sp³-hybridized carbons (Fsp3) is 0.250. The molecule has 0 atom stereocenters. The Morgan fingerprint density at radius 3 is 2.83 bits per heavy atom. The average molecular weight is 328 g/mol. The summed E-state index contributed by atoms with van der Waals surface area (Å²) in [6, 6.07) is 7.36. The van der Waals surface area contributed by atoms with Gasteiger partial charge in [0, 0.05) is 0 Å². The summed E-state index contributed by atoms with van der Waals surface area (Å²) in [5, 5.41) is 7.62. The Balaban J connectivity index is 2.11. The van der Waals surface area contributed by atoms with Gasteiger partial charge in [-0.15, -0.1) is 0 Å². The number of carbonyl (C=O) groups excluding carboxylic acids is 1. The maximum Gasteiger partial charge on any atom is 0.376 e. The molecular formula is C16H16N4O4. The van der Waals surface area contributed by atoms with E-state index in [1.807, 2.05) is 24.3 Å². The summed E-state index contributed by atoms with van der Waals surface area (Å²) in [5.74, 6) is 0.303. The number of aryl methyl sites for hydroxylation is 1. The lowest BCUT2D eigenvalue weighted by molar-refractivity contribution is 0.0512. The lowest BCUT2D eigenvalue weighted by atomic mass is 10.2. The van der Waals surface area contributed by atoms with E-state index in [0.29, 0.717) is 28.3 Å². The Hall–Kier alpha value is -3.16. The summed E-state index contributed by atoms with van der Waals surface area (Å²) in [6.07, 6.45) is 0. The number of hydrogen-bond acceptors (Lipinski definition) is 8. The maximum absolute atomic E-state index is 12.0. The van der Waals surface area contributed by atoms with Gasteiger partial charge in [-0.25, -0.2) is 9.78 Å². The standard InChI is InChI=1S/C16H16N4O4/c1-4-23-16(21)14-18-13(12-9(2)20-24-15(12)19-14)17-10-7-5-6-8-11(10)22-3/h5-8H,4H2,1-3H3,(H,17,18,19). The van der Waals surface area contributed by atoms with Crippen LogP contribution in [0.2, 0.25) is 0 Å². The fourth-order valence-electron chi connectivity index (χ4n) is 2.24. The van der Waals surface area contributed by atoms with Gasteiger partial charge < -0.3 is 19.3 Å². The van der Waals surface area contributed by atoms with Crippen LogP contribution in [0.1, 0.15) is 23.2 Å². The number of para-hydroxylation sites is 2. The lowest BCUT2D eigenvalue weighted by Crippen LogP contribution is -2.11. The highest BCUT2D eigenvalue weighted by molar-refractivity contribution is 5.94. The normalized spacial score (nSPS) is 10.6. The number of carbonyl (C=O) groups is 1. The van der Waals surface area contributed by atoms with Crippen LogP contribution in [0.4, 0.5) is 11.5 Å². The molecule has 0 bridgehead atoms. The van der Waals surface area contributed by atoms with Crippen LogP contribution in [0.3, 0.4) is 0 Å². The maximum atomic E-state index is 12.0. The highest BCUT2D eigenvalue weighted by atomic mass is 16.5. The Bertz CT molecular complexity index is 891. The van der Waals surface area contributed by atoms with Crippen molar-refractivity contribution in [2.45, 2.75) is 13.8 Å². The van der Waals surface area contributed by atoms with Crippen molar-refractivity contribution in [3.8, 4) is 5.75 Å². The molecule has 24 heavy (non-hydrogen) atoms. The van der Waals surface area contributed by atoms with Gasteiger partial charge in [0.1, 0.15) is 17.0 Å². The van der Waals surface area contributed by atoms with Crippen LogP contribution < -0.4 is 10.1 Å². The number of ether oxygens (including phenoxy) is 2. The Labute approximate surface area is 137 Å². The van der Waals surface area contributed by atoms with Gasteiger partial charge in [0.15, 0.2) is 0 Å². The molecule has 2 aromatic heterocycles. The van der Waals surface area contributed by atoms with E-state index < -0.39 is 5.97 Å². The van der Waals surface area contributed by atoms with E-state index in [9.17, 15) is 4.79 Å². The van der Waals surface area contributed by atoms with E-state index in [2.05, 4.69) is 20.4 Å². The number of aromatic nitrogens is 3. The predicted octanol–water partition coefficient (Wildman–Crippen LogP) is 2.86. The zero-order valence-corrected chi connectivity index (χ0v) is 13.5. The number of rotatable bonds is 5. The minimum absolute atomic E-state index is 0.0992. The molecule has 3 rings (SSSR count). The molecule has 0 aliphatic heterocycles. The molecule has 3 aromatic rings. The number of benzene rings is 1. The first-order chi connectivity index (χ1) is 11.6. The van der Waals surface area contributed by atoms with Crippen molar-refractivity contribution >= 4 is 28.6 Å². The van der Waals surface area contributed by atoms with Crippen molar-refractivity contribution in [3.63, 3.8) is 0 Å². The summed E-state index contributed by atoms with van der Waals surface area (Å²) in [4.78, 5) is 20.3. The molecule has 124 valence electrons. The average Bonchev–Trinajstić information content (AvgIpc) is 2.97. The van der Waals surface area contributed by atoms with Gasteiger partial charge in [0.25, 0.3) is 5.71 Å². The topological polar surface area (TPSA) is 99.4 Å². The second-order valence-corrected chi connectivity index (χ2v) is 4.89. The summed E-state index contributed by atoms with van der Waals surface area (Å²) in [6.45, 7) is 3.71. The molecule has 0 saturated carbocycles. The van der Waals surface area contributed by atoms with Crippen LogP contribution in [0.5, 0.6) is 5.75 Å². The summed E-state index contributed by atoms with van der Waals surface area (Å²) >= 11 is 0. The Morgan fingerprint density at radius 2 is 2.08 bits per heavy atom. The second kappa shape index (κ2) is 6.53. The number of anilines is 2. The lowest BCUT2D eigenvalue weighted by Gasteiger charge is -2.11. The number of fused-ring (bicyclic) bond motifs is 1. The summed E-state index contributed by atoms with van der Waals surface area (Å²) < 4.78 is 15.4. The van der Waals surface area contributed by atoms with Gasteiger partial charge in [-0.2, -0.15) is 4.98 Å². The molecule has 8 nitrogen and oxygen atoms in total. The molecular weight excluding hydrogens is 312 g/mol. The van der Waals surface area contributed by atoms with E-state index in [0.717, 1.165) is 0 Å². The number of hydrogen-bond donors (Lipinski definition) is 1. The molecule has 1 N–H and O–H groups in total. The van der Waals surface area contributed by atoms with E-state index >= 15 is 0 Å². The number of nitrogens with zero attached hydrogens (tertiary/aromatic N) is 3. The predicted molar refractivity (Wildman–Crippen MR) is 86.6 cm³/mol. The fourth-order valence-corrected chi connectivity index (χ4v) is 2.24. The van der Waals surface area contributed by atoms with Gasteiger partial charge in [0.2, 0.25) is 5.82 Å². The van der Waals surface area contributed by atoms with E-state index in [4.69, 9.17) is 14.0 Å². The van der Waals surface area contributed by atoms with Gasteiger partial charge in [0.05, 0.1) is 25.1 Å². The molecule has 0 aliphatic rings. The first kappa shape index (κ1) is 15.7. The molecule has 0 amide bonds. The van der Waals surface area contributed by atoms with Crippen molar-refractivity contribution in [3.05, 3.63) is 35.8 Å². The quantitative estimate of drug-likeness (QED) is 0.714. The van der Waals surface area contributed by atoms with Crippen LogP contribution in [-0.2, 0) is 4.74 Å². The van der Waals surface area contributed by atoms with Gasteiger partial charge in [-0.1, -0.05) is 17.3 Å². The zero-order chi connectivity index (χ0) is 17.1. The molecule has 0 unspecified atom stereocenters. The van der Waals surface area contributed by atoms with Crippen LogP contribution >= 0.6 is 0 Å². The minimum atomic E-state index is -0.628. The molecule has 0 fully saturated rings. The highest BCUT2D eigenvalue weighted by Gasteiger charge is 2.20.